The molecule has 1 aliphatic heterocycles. The van der Waals surface area contributed by atoms with Gasteiger partial charge in [0.15, 0.2) is 6.10 Å². The average molecular weight is 289 g/mol. The van der Waals surface area contributed by atoms with E-state index in [1.165, 1.54) is 4.90 Å². The zero-order valence-corrected chi connectivity index (χ0v) is 12.2. The van der Waals surface area contributed by atoms with Crippen molar-refractivity contribution in [1.82, 2.24) is 10.2 Å². The highest BCUT2D eigenvalue weighted by atomic mass is 16.6. The van der Waals surface area contributed by atoms with E-state index in [0.29, 0.717) is 18.7 Å². The standard InChI is InChI=1S/C15H19N3O3/c1-18(2)14(19)8-9-16-15(20)12-10-13(21-17-12)11-6-4-3-5-7-11/h3-7,13H,8-10H2,1-2H3,(H,16,20)/t13-/m1/s1. The van der Waals surface area contributed by atoms with Gasteiger partial charge in [-0.3, -0.25) is 9.59 Å². The third kappa shape index (κ3) is 4.05. The van der Waals surface area contributed by atoms with E-state index in [-0.39, 0.29) is 24.3 Å². The Labute approximate surface area is 123 Å². The Morgan fingerprint density at radius 1 is 1.33 bits per heavy atom. The van der Waals surface area contributed by atoms with Crippen molar-refractivity contribution in [1.29, 1.82) is 0 Å². The van der Waals surface area contributed by atoms with Crippen LogP contribution in [0, 0.1) is 0 Å². The van der Waals surface area contributed by atoms with Crippen LogP contribution in [0.1, 0.15) is 24.5 Å². The van der Waals surface area contributed by atoms with E-state index in [9.17, 15) is 9.59 Å². The molecule has 6 nitrogen and oxygen atoms in total. The van der Waals surface area contributed by atoms with Crippen LogP contribution in [-0.2, 0) is 14.4 Å². The molecule has 1 atom stereocenters. The molecule has 0 radical (unpaired) electrons. The van der Waals surface area contributed by atoms with Crippen molar-refractivity contribution in [3.05, 3.63) is 35.9 Å². The summed E-state index contributed by atoms with van der Waals surface area (Å²) >= 11 is 0. The molecule has 0 unspecified atom stereocenters. The summed E-state index contributed by atoms with van der Waals surface area (Å²) in [5.41, 5.74) is 1.35. The number of rotatable bonds is 5. The maximum atomic E-state index is 11.9. The van der Waals surface area contributed by atoms with Crippen molar-refractivity contribution in [3.8, 4) is 0 Å². The van der Waals surface area contributed by atoms with Gasteiger partial charge >= 0.3 is 0 Å². The maximum absolute atomic E-state index is 11.9. The second-order valence-electron chi connectivity index (χ2n) is 5.04. The monoisotopic (exact) mass is 289 g/mol. The number of amides is 2. The molecule has 0 aromatic heterocycles. The summed E-state index contributed by atoms with van der Waals surface area (Å²) in [7, 11) is 3.37. The van der Waals surface area contributed by atoms with Crippen molar-refractivity contribution < 1.29 is 14.4 Å². The molecule has 0 fully saturated rings. The van der Waals surface area contributed by atoms with E-state index >= 15 is 0 Å². The molecule has 21 heavy (non-hydrogen) atoms. The van der Waals surface area contributed by atoms with E-state index in [2.05, 4.69) is 10.5 Å². The Balaban J connectivity index is 1.79. The lowest BCUT2D eigenvalue weighted by Crippen LogP contribution is -2.34. The maximum Gasteiger partial charge on any atom is 0.269 e. The third-order valence-corrected chi connectivity index (χ3v) is 3.23. The summed E-state index contributed by atoms with van der Waals surface area (Å²) in [5.74, 6) is -0.304. The first-order valence-electron chi connectivity index (χ1n) is 6.84. The Hall–Kier alpha value is -2.37. The topological polar surface area (TPSA) is 71.0 Å². The fraction of sp³-hybridized carbons (Fsp3) is 0.400. The number of nitrogens with zero attached hydrogens (tertiary/aromatic N) is 2. The van der Waals surface area contributed by atoms with Crippen molar-refractivity contribution in [3.63, 3.8) is 0 Å². The minimum Gasteiger partial charge on any atom is -0.387 e. The summed E-state index contributed by atoms with van der Waals surface area (Å²) in [4.78, 5) is 30.1. The number of hydrogen-bond acceptors (Lipinski definition) is 4. The fourth-order valence-corrected chi connectivity index (χ4v) is 1.97. The van der Waals surface area contributed by atoms with Crippen LogP contribution < -0.4 is 5.32 Å². The van der Waals surface area contributed by atoms with Crippen LogP contribution in [0.3, 0.4) is 0 Å². The van der Waals surface area contributed by atoms with Crippen molar-refractivity contribution in [2.45, 2.75) is 18.9 Å². The molecule has 0 saturated carbocycles. The number of oxime groups is 1. The number of benzene rings is 1. The Morgan fingerprint density at radius 2 is 2.05 bits per heavy atom. The van der Waals surface area contributed by atoms with E-state index in [4.69, 9.17) is 4.84 Å². The predicted octanol–water partition coefficient (Wildman–Crippen LogP) is 1.10. The first-order valence-corrected chi connectivity index (χ1v) is 6.84. The molecular formula is C15H19N3O3. The zero-order valence-electron chi connectivity index (χ0n) is 12.2. The molecule has 0 spiro atoms. The molecule has 2 rings (SSSR count). The van der Waals surface area contributed by atoms with Gasteiger partial charge in [0.05, 0.1) is 0 Å². The van der Waals surface area contributed by atoms with Gasteiger partial charge in [-0.25, -0.2) is 0 Å². The fourth-order valence-electron chi connectivity index (χ4n) is 1.97. The number of hydrogen-bond donors (Lipinski definition) is 1. The van der Waals surface area contributed by atoms with Gasteiger partial charge < -0.3 is 15.1 Å². The minimum absolute atomic E-state index is 0.0259. The normalized spacial score (nSPS) is 16.9. The molecule has 0 aliphatic carbocycles. The van der Waals surface area contributed by atoms with Gasteiger partial charge in [0, 0.05) is 33.5 Å². The minimum atomic E-state index is -0.278. The summed E-state index contributed by atoms with van der Waals surface area (Å²) in [6.07, 6.45) is 0.502. The SMILES string of the molecule is CN(C)C(=O)CCNC(=O)C1=NO[C@@H](c2ccccc2)C1. The molecular weight excluding hydrogens is 270 g/mol. The van der Waals surface area contributed by atoms with E-state index in [1.807, 2.05) is 30.3 Å². The first-order chi connectivity index (χ1) is 10.1. The molecule has 0 saturated heterocycles. The highest BCUT2D eigenvalue weighted by molar-refractivity contribution is 6.39. The van der Waals surface area contributed by atoms with Crippen LogP contribution in [0.25, 0.3) is 0 Å². The molecule has 6 heteroatoms. The van der Waals surface area contributed by atoms with E-state index in [1.54, 1.807) is 14.1 Å². The largest absolute Gasteiger partial charge is 0.387 e. The van der Waals surface area contributed by atoms with Crippen LogP contribution in [0.2, 0.25) is 0 Å². The van der Waals surface area contributed by atoms with Crippen LogP contribution >= 0.6 is 0 Å². The lowest BCUT2D eigenvalue weighted by molar-refractivity contribution is -0.128. The van der Waals surface area contributed by atoms with Gasteiger partial charge in [-0.2, -0.15) is 0 Å². The average Bonchev–Trinajstić information content (AvgIpc) is 2.97. The molecule has 1 heterocycles. The van der Waals surface area contributed by atoms with Crippen LogP contribution in [0.15, 0.2) is 35.5 Å². The van der Waals surface area contributed by atoms with E-state index in [0.717, 1.165) is 5.56 Å². The smallest absolute Gasteiger partial charge is 0.269 e. The molecule has 1 N–H and O–H groups in total. The van der Waals surface area contributed by atoms with E-state index < -0.39 is 0 Å². The number of nitrogens with one attached hydrogen (secondary N) is 1. The van der Waals surface area contributed by atoms with Gasteiger partial charge in [0.25, 0.3) is 5.91 Å². The Kier molecular flexibility index (Phi) is 4.92. The molecule has 0 bridgehead atoms. The summed E-state index contributed by atoms with van der Waals surface area (Å²) in [5, 5.41) is 6.52. The molecule has 2 amide bonds. The van der Waals surface area contributed by atoms with Crippen LogP contribution in [0.4, 0.5) is 0 Å². The van der Waals surface area contributed by atoms with Gasteiger partial charge in [-0.1, -0.05) is 35.5 Å². The van der Waals surface area contributed by atoms with Crippen molar-refractivity contribution >= 4 is 17.5 Å². The molecule has 1 aromatic rings. The Morgan fingerprint density at radius 3 is 2.71 bits per heavy atom. The summed E-state index contributed by atoms with van der Waals surface area (Å²) < 4.78 is 0. The highest BCUT2D eigenvalue weighted by Crippen LogP contribution is 2.26. The van der Waals surface area contributed by atoms with Gasteiger partial charge in [0.2, 0.25) is 5.91 Å². The lowest BCUT2D eigenvalue weighted by atomic mass is 10.0. The number of carbonyl (C=O) groups excluding carboxylic acids is 2. The number of carbonyl (C=O) groups is 2. The molecule has 112 valence electrons. The third-order valence-electron chi connectivity index (χ3n) is 3.23. The predicted molar refractivity (Wildman–Crippen MR) is 78.6 cm³/mol. The summed E-state index contributed by atoms with van der Waals surface area (Å²) in [6, 6.07) is 9.65. The van der Waals surface area contributed by atoms with Crippen molar-refractivity contribution in [2.24, 2.45) is 5.16 Å². The van der Waals surface area contributed by atoms with Gasteiger partial charge in [0.1, 0.15) is 5.71 Å². The quantitative estimate of drug-likeness (QED) is 0.882. The second-order valence-corrected chi connectivity index (χ2v) is 5.04. The zero-order chi connectivity index (χ0) is 15.2. The Bertz CT molecular complexity index is 540. The first kappa shape index (κ1) is 15.0. The second kappa shape index (κ2) is 6.88. The van der Waals surface area contributed by atoms with Crippen LogP contribution in [-0.4, -0.2) is 43.1 Å². The molecule has 1 aliphatic rings. The van der Waals surface area contributed by atoms with Gasteiger partial charge in [-0.15, -0.1) is 0 Å². The van der Waals surface area contributed by atoms with Crippen LogP contribution in [0.5, 0.6) is 0 Å². The van der Waals surface area contributed by atoms with Gasteiger partial charge in [-0.05, 0) is 5.56 Å². The van der Waals surface area contributed by atoms with Crippen molar-refractivity contribution in [2.75, 3.05) is 20.6 Å². The highest BCUT2D eigenvalue weighted by Gasteiger charge is 2.27. The molecule has 1 aromatic carbocycles. The summed E-state index contributed by atoms with van der Waals surface area (Å²) in [6.45, 7) is 0.296. The lowest BCUT2D eigenvalue weighted by Gasteiger charge is -2.10.